The van der Waals surface area contributed by atoms with Crippen molar-refractivity contribution in [2.45, 2.75) is 25.8 Å². The van der Waals surface area contributed by atoms with Gasteiger partial charge < -0.3 is 16.0 Å². The summed E-state index contributed by atoms with van der Waals surface area (Å²) >= 11 is 0. The van der Waals surface area contributed by atoms with Gasteiger partial charge in [0.2, 0.25) is 0 Å². The number of likely N-dealkylation sites (tertiary alicyclic amines) is 1. The zero-order chi connectivity index (χ0) is 13.1. The SMILES string of the molecule is CC(=O)c1ccc(NCC2CCCN2C)cc1N. The van der Waals surface area contributed by atoms with Crippen LogP contribution in [0.25, 0.3) is 0 Å². The van der Waals surface area contributed by atoms with Crippen LogP contribution in [0.4, 0.5) is 11.4 Å². The number of ketones is 1. The van der Waals surface area contributed by atoms with Crippen LogP contribution in [0.2, 0.25) is 0 Å². The maximum absolute atomic E-state index is 11.3. The van der Waals surface area contributed by atoms with E-state index in [-0.39, 0.29) is 5.78 Å². The predicted octanol–water partition coefficient (Wildman–Crippen LogP) is 1.98. The molecule has 0 aliphatic carbocycles. The molecule has 0 aromatic heterocycles. The molecule has 1 aliphatic heterocycles. The lowest BCUT2D eigenvalue weighted by Crippen LogP contribution is -2.31. The van der Waals surface area contributed by atoms with Crippen LogP contribution in [0.5, 0.6) is 0 Å². The lowest BCUT2D eigenvalue weighted by Gasteiger charge is -2.20. The molecule has 1 unspecified atom stereocenters. The van der Waals surface area contributed by atoms with Crippen LogP contribution in [0.1, 0.15) is 30.1 Å². The number of rotatable bonds is 4. The highest BCUT2D eigenvalue weighted by Gasteiger charge is 2.20. The maximum Gasteiger partial charge on any atom is 0.161 e. The monoisotopic (exact) mass is 247 g/mol. The number of anilines is 2. The number of hydrogen-bond donors (Lipinski definition) is 2. The minimum absolute atomic E-state index is 0.00887. The smallest absolute Gasteiger partial charge is 0.161 e. The van der Waals surface area contributed by atoms with Gasteiger partial charge in [-0.3, -0.25) is 4.79 Å². The van der Waals surface area contributed by atoms with Gasteiger partial charge in [0.05, 0.1) is 0 Å². The standard InChI is InChI=1S/C14H21N3O/c1-10(18)13-6-5-11(8-14(13)15)16-9-12-4-3-7-17(12)2/h5-6,8,12,16H,3-4,7,9,15H2,1-2H3. The Morgan fingerprint density at radius 1 is 1.56 bits per heavy atom. The summed E-state index contributed by atoms with van der Waals surface area (Å²) in [5.74, 6) is 0.00887. The van der Waals surface area contributed by atoms with Crippen molar-refractivity contribution in [3.05, 3.63) is 23.8 Å². The van der Waals surface area contributed by atoms with Gasteiger partial charge in [-0.05, 0) is 51.6 Å². The summed E-state index contributed by atoms with van der Waals surface area (Å²) in [6.45, 7) is 3.64. The molecule has 0 spiro atoms. The number of likely N-dealkylation sites (N-methyl/N-ethyl adjacent to an activating group) is 1. The summed E-state index contributed by atoms with van der Waals surface area (Å²) in [6.07, 6.45) is 2.51. The fraction of sp³-hybridized carbons (Fsp3) is 0.500. The largest absolute Gasteiger partial charge is 0.398 e. The van der Waals surface area contributed by atoms with Gasteiger partial charge in [0.15, 0.2) is 5.78 Å². The first-order chi connectivity index (χ1) is 8.58. The zero-order valence-electron chi connectivity index (χ0n) is 11.1. The second-order valence-corrected chi connectivity index (χ2v) is 5.02. The molecule has 1 fully saturated rings. The molecule has 2 rings (SSSR count). The Labute approximate surface area is 108 Å². The van der Waals surface area contributed by atoms with Gasteiger partial charge in [-0.25, -0.2) is 0 Å². The van der Waals surface area contributed by atoms with Gasteiger partial charge >= 0.3 is 0 Å². The van der Waals surface area contributed by atoms with E-state index in [0.29, 0.717) is 17.3 Å². The molecular weight excluding hydrogens is 226 g/mol. The van der Waals surface area contributed by atoms with E-state index in [9.17, 15) is 4.79 Å². The average molecular weight is 247 g/mol. The number of benzene rings is 1. The summed E-state index contributed by atoms with van der Waals surface area (Å²) in [5, 5.41) is 3.39. The van der Waals surface area contributed by atoms with E-state index in [0.717, 1.165) is 12.2 Å². The van der Waals surface area contributed by atoms with Crippen molar-refractivity contribution in [3.8, 4) is 0 Å². The molecule has 1 atom stereocenters. The van der Waals surface area contributed by atoms with E-state index >= 15 is 0 Å². The second kappa shape index (κ2) is 5.40. The van der Waals surface area contributed by atoms with E-state index in [2.05, 4.69) is 17.3 Å². The minimum Gasteiger partial charge on any atom is -0.398 e. The zero-order valence-corrected chi connectivity index (χ0v) is 11.1. The van der Waals surface area contributed by atoms with Crippen LogP contribution in [0.15, 0.2) is 18.2 Å². The Morgan fingerprint density at radius 2 is 2.33 bits per heavy atom. The summed E-state index contributed by atoms with van der Waals surface area (Å²) in [4.78, 5) is 13.7. The highest BCUT2D eigenvalue weighted by molar-refractivity contribution is 5.99. The molecule has 0 amide bonds. The molecule has 0 saturated carbocycles. The highest BCUT2D eigenvalue weighted by atomic mass is 16.1. The first kappa shape index (κ1) is 12.9. The Morgan fingerprint density at radius 3 is 2.89 bits per heavy atom. The number of nitrogen functional groups attached to an aromatic ring is 1. The fourth-order valence-electron chi connectivity index (χ4n) is 2.47. The highest BCUT2D eigenvalue weighted by Crippen LogP contribution is 2.20. The van der Waals surface area contributed by atoms with Crippen LogP contribution in [0.3, 0.4) is 0 Å². The molecule has 0 bridgehead atoms. The topological polar surface area (TPSA) is 58.4 Å². The summed E-state index contributed by atoms with van der Waals surface area (Å²) < 4.78 is 0. The number of carbonyl (C=O) groups excluding carboxylic acids is 1. The van der Waals surface area contributed by atoms with Gasteiger partial charge in [0, 0.05) is 29.5 Å². The lowest BCUT2D eigenvalue weighted by atomic mass is 10.1. The molecule has 3 N–H and O–H groups in total. The Balaban J connectivity index is 1.98. The lowest BCUT2D eigenvalue weighted by molar-refractivity contribution is 0.101. The first-order valence-electron chi connectivity index (χ1n) is 6.42. The Hall–Kier alpha value is -1.55. The number of hydrogen-bond acceptors (Lipinski definition) is 4. The number of nitrogens with zero attached hydrogens (tertiary/aromatic N) is 1. The van der Waals surface area contributed by atoms with Crippen molar-refractivity contribution in [3.63, 3.8) is 0 Å². The average Bonchev–Trinajstić information content (AvgIpc) is 2.72. The summed E-state index contributed by atoms with van der Waals surface area (Å²) in [6, 6.07) is 6.14. The normalized spacial score (nSPS) is 20.0. The van der Waals surface area contributed by atoms with Gasteiger partial charge in [-0.15, -0.1) is 0 Å². The summed E-state index contributed by atoms with van der Waals surface area (Å²) in [7, 11) is 2.16. The van der Waals surface area contributed by atoms with E-state index < -0.39 is 0 Å². The molecule has 18 heavy (non-hydrogen) atoms. The van der Waals surface area contributed by atoms with Crippen LogP contribution < -0.4 is 11.1 Å². The fourth-order valence-corrected chi connectivity index (χ4v) is 2.47. The third-order valence-corrected chi connectivity index (χ3v) is 3.64. The number of nitrogens with two attached hydrogens (primary N) is 1. The molecule has 1 aromatic carbocycles. The third-order valence-electron chi connectivity index (χ3n) is 3.64. The van der Waals surface area contributed by atoms with Crippen molar-refractivity contribution in [1.29, 1.82) is 0 Å². The van der Waals surface area contributed by atoms with E-state index in [1.165, 1.54) is 26.3 Å². The van der Waals surface area contributed by atoms with E-state index in [4.69, 9.17) is 5.73 Å². The molecular formula is C14H21N3O. The van der Waals surface area contributed by atoms with Crippen LogP contribution in [-0.4, -0.2) is 36.9 Å². The van der Waals surface area contributed by atoms with Gasteiger partial charge in [0.1, 0.15) is 0 Å². The molecule has 1 heterocycles. The summed E-state index contributed by atoms with van der Waals surface area (Å²) in [5.41, 5.74) is 7.99. The minimum atomic E-state index is 0.00887. The predicted molar refractivity (Wildman–Crippen MR) is 75.0 cm³/mol. The van der Waals surface area contributed by atoms with Crippen LogP contribution >= 0.6 is 0 Å². The van der Waals surface area contributed by atoms with E-state index in [1.807, 2.05) is 12.1 Å². The van der Waals surface area contributed by atoms with Crippen LogP contribution in [-0.2, 0) is 0 Å². The van der Waals surface area contributed by atoms with Crippen molar-refractivity contribution < 1.29 is 4.79 Å². The van der Waals surface area contributed by atoms with Crippen LogP contribution in [0, 0.1) is 0 Å². The number of Topliss-reactive ketones (excluding diaryl/α,β-unsaturated/α-hetero) is 1. The molecule has 0 radical (unpaired) electrons. The quantitative estimate of drug-likeness (QED) is 0.631. The van der Waals surface area contributed by atoms with E-state index in [1.54, 1.807) is 6.07 Å². The Kier molecular flexibility index (Phi) is 3.87. The first-order valence-corrected chi connectivity index (χ1v) is 6.42. The molecule has 4 nitrogen and oxygen atoms in total. The Bertz CT molecular complexity index is 445. The number of carbonyl (C=O) groups is 1. The van der Waals surface area contributed by atoms with Crippen molar-refractivity contribution in [2.75, 3.05) is 31.2 Å². The maximum atomic E-state index is 11.3. The molecule has 98 valence electrons. The number of nitrogens with one attached hydrogen (secondary N) is 1. The third kappa shape index (κ3) is 2.82. The molecule has 1 aromatic rings. The van der Waals surface area contributed by atoms with Crippen molar-refractivity contribution in [2.24, 2.45) is 0 Å². The molecule has 1 saturated heterocycles. The second-order valence-electron chi connectivity index (χ2n) is 5.02. The molecule has 1 aliphatic rings. The van der Waals surface area contributed by atoms with Gasteiger partial charge in [-0.1, -0.05) is 0 Å². The van der Waals surface area contributed by atoms with Crippen molar-refractivity contribution >= 4 is 17.2 Å². The van der Waals surface area contributed by atoms with Gasteiger partial charge in [-0.2, -0.15) is 0 Å². The molecule has 4 heteroatoms. The van der Waals surface area contributed by atoms with Crippen molar-refractivity contribution in [1.82, 2.24) is 4.90 Å². The van der Waals surface area contributed by atoms with Gasteiger partial charge in [0.25, 0.3) is 0 Å².